The van der Waals surface area contributed by atoms with Crippen LogP contribution in [0.25, 0.3) is 5.69 Å². The van der Waals surface area contributed by atoms with Crippen LogP contribution < -0.4 is 16.8 Å². The highest BCUT2D eigenvalue weighted by molar-refractivity contribution is 5.93. The van der Waals surface area contributed by atoms with E-state index in [1.54, 1.807) is 12.3 Å². The van der Waals surface area contributed by atoms with Crippen LogP contribution in [0.5, 0.6) is 0 Å². The Kier molecular flexibility index (Phi) is 5.37. The van der Waals surface area contributed by atoms with Gasteiger partial charge in [0.25, 0.3) is 5.91 Å². The molecule has 0 aliphatic heterocycles. The van der Waals surface area contributed by atoms with Crippen molar-refractivity contribution in [2.45, 2.75) is 38.5 Å². The number of amides is 2. The number of nitrogens with two attached hydrogens (primary N) is 2. The summed E-state index contributed by atoms with van der Waals surface area (Å²) in [5, 5.41) is 7.15. The zero-order valence-electron chi connectivity index (χ0n) is 14.8. The third-order valence-corrected chi connectivity index (χ3v) is 5.15. The zero-order valence-corrected chi connectivity index (χ0v) is 14.8. The molecule has 0 bridgehead atoms. The van der Waals surface area contributed by atoms with Gasteiger partial charge in [-0.3, -0.25) is 9.59 Å². The fourth-order valence-corrected chi connectivity index (χ4v) is 3.66. The predicted octanol–water partition coefficient (Wildman–Crippen LogP) is 2.21. The lowest BCUT2D eigenvalue weighted by atomic mass is 9.71. The van der Waals surface area contributed by atoms with Gasteiger partial charge in [-0.05, 0) is 43.0 Å². The molecule has 1 fully saturated rings. The average molecular weight is 355 g/mol. The number of carbonyl (C=O) groups is 2. The number of nitrogens with zero attached hydrogens (tertiary/aromatic N) is 2. The van der Waals surface area contributed by atoms with Gasteiger partial charge in [-0.25, -0.2) is 4.68 Å². The van der Waals surface area contributed by atoms with Gasteiger partial charge >= 0.3 is 0 Å². The van der Waals surface area contributed by atoms with Gasteiger partial charge in [0.1, 0.15) is 5.69 Å². The molecule has 0 radical (unpaired) electrons. The fraction of sp³-hybridized carbons (Fsp3) is 0.421. The molecule has 7 heteroatoms. The van der Waals surface area contributed by atoms with Crippen LogP contribution in [0.3, 0.4) is 0 Å². The van der Waals surface area contributed by atoms with Crippen molar-refractivity contribution >= 4 is 17.5 Å². The van der Waals surface area contributed by atoms with Crippen LogP contribution in [0.2, 0.25) is 0 Å². The largest absolute Gasteiger partial charge is 0.364 e. The molecule has 1 aliphatic carbocycles. The highest BCUT2D eigenvalue weighted by Crippen LogP contribution is 2.38. The van der Waals surface area contributed by atoms with Crippen molar-refractivity contribution in [1.82, 2.24) is 9.78 Å². The van der Waals surface area contributed by atoms with Gasteiger partial charge in [-0.15, -0.1) is 0 Å². The van der Waals surface area contributed by atoms with Gasteiger partial charge in [-0.2, -0.15) is 5.10 Å². The maximum absolute atomic E-state index is 12.7. The Hall–Kier alpha value is -2.67. The number of hydrogen-bond acceptors (Lipinski definition) is 4. The average Bonchev–Trinajstić information content (AvgIpc) is 3.13. The van der Waals surface area contributed by atoms with E-state index in [0.717, 1.165) is 25.7 Å². The number of aromatic nitrogens is 2. The van der Waals surface area contributed by atoms with E-state index in [4.69, 9.17) is 11.5 Å². The van der Waals surface area contributed by atoms with Gasteiger partial charge in [0.15, 0.2) is 0 Å². The van der Waals surface area contributed by atoms with Crippen LogP contribution in [-0.2, 0) is 4.79 Å². The molecule has 0 atom stereocenters. The molecule has 0 spiro atoms. The normalized spacial score (nSPS) is 16.2. The lowest BCUT2D eigenvalue weighted by molar-refractivity contribution is -0.118. The number of carbonyl (C=O) groups excluding carboxylic acids is 2. The second-order valence-corrected chi connectivity index (χ2v) is 7.02. The molecular formula is C19H25N5O2. The van der Waals surface area contributed by atoms with Gasteiger partial charge < -0.3 is 16.8 Å². The summed E-state index contributed by atoms with van der Waals surface area (Å²) in [6.45, 7) is 0.531. The van der Waals surface area contributed by atoms with E-state index in [1.807, 2.05) is 24.3 Å². The summed E-state index contributed by atoms with van der Waals surface area (Å²) >= 11 is 0. The topological polar surface area (TPSA) is 116 Å². The third-order valence-electron chi connectivity index (χ3n) is 5.15. The summed E-state index contributed by atoms with van der Waals surface area (Å²) in [6.07, 6.45) is 7.54. The third kappa shape index (κ3) is 3.94. The van der Waals surface area contributed by atoms with E-state index in [2.05, 4.69) is 10.4 Å². The molecule has 7 nitrogen and oxygen atoms in total. The minimum absolute atomic E-state index is 0.0490. The molecule has 3 rings (SSSR count). The number of anilines is 1. The lowest BCUT2D eigenvalue weighted by Gasteiger charge is -2.35. The first-order valence-corrected chi connectivity index (χ1v) is 8.98. The van der Waals surface area contributed by atoms with Gasteiger partial charge in [0.05, 0.1) is 11.4 Å². The first-order chi connectivity index (χ1) is 12.5. The Labute approximate surface area is 152 Å². The molecular weight excluding hydrogens is 330 g/mol. The predicted molar refractivity (Wildman–Crippen MR) is 99.9 cm³/mol. The van der Waals surface area contributed by atoms with Gasteiger partial charge in [-0.1, -0.05) is 31.4 Å². The molecule has 1 aliphatic rings. The molecule has 26 heavy (non-hydrogen) atoms. The van der Waals surface area contributed by atoms with Crippen LogP contribution in [-0.4, -0.2) is 28.1 Å². The van der Waals surface area contributed by atoms with Crippen LogP contribution in [0.4, 0.5) is 5.69 Å². The maximum Gasteiger partial charge on any atom is 0.269 e. The smallest absolute Gasteiger partial charge is 0.269 e. The summed E-state index contributed by atoms with van der Waals surface area (Å²) in [7, 11) is 0. The Morgan fingerprint density at radius 1 is 1.15 bits per heavy atom. The summed E-state index contributed by atoms with van der Waals surface area (Å²) < 4.78 is 1.54. The van der Waals surface area contributed by atoms with E-state index in [0.29, 0.717) is 24.3 Å². The molecule has 2 amide bonds. The summed E-state index contributed by atoms with van der Waals surface area (Å²) in [6, 6.07) is 8.88. The zero-order chi connectivity index (χ0) is 18.6. The number of primary amides is 1. The van der Waals surface area contributed by atoms with Gasteiger partial charge in [0.2, 0.25) is 5.91 Å². The van der Waals surface area contributed by atoms with Crippen LogP contribution in [0, 0.1) is 5.41 Å². The number of rotatable bonds is 6. The standard InChI is InChI=1S/C19H25N5O2/c20-13-19(9-4-1-5-10-19)12-17(25)22-14-6-2-3-7-16(14)24-11-8-15(23-24)18(21)26/h2-3,6-8,11H,1,4-5,9-10,12-13,20H2,(H2,21,26)(H,22,25). The number of benzene rings is 1. The fourth-order valence-electron chi connectivity index (χ4n) is 3.66. The first-order valence-electron chi connectivity index (χ1n) is 8.98. The van der Waals surface area contributed by atoms with Crippen molar-refractivity contribution in [3.63, 3.8) is 0 Å². The van der Waals surface area contributed by atoms with Crippen molar-refractivity contribution in [3.8, 4) is 5.69 Å². The molecule has 2 aromatic rings. The van der Waals surface area contributed by atoms with E-state index in [1.165, 1.54) is 11.1 Å². The van der Waals surface area contributed by atoms with Crippen molar-refractivity contribution in [2.75, 3.05) is 11.9 Å². The molecule has 0 saturated heterocycles. The minimum Gasteiger partial charge on any atom is -0.364 e. The number of nitrogens with one attached hydrogen (secondary N) is 1. The van der Waals surface area contributed by atoms with Crippen molar-refractivity contribution < 1.29 is 9.59 Å². The molecule has 1 aromatic carbocycles. The quantitative estimate of drug-likeness (QED) is 0.736. The summed E-state index contributed by atoms with van der Waals surface area (Å²) in [5.41, 5.74) is 12.7. The minimum atomic E-state index is -0.590. The molecule has 1 saturated carbocycles. The molecule has 0 unspecified atom stereocenters. The molecule has 1 aromatic heterocycles. The number of para-hydroxylation sites is 2. The Balaban J connectivity index is 1.77. The maximum atomic E-state index is 12.7. The summed E-state index contributed by atoms with van der Waals surface area (Å²) in [5.74, 6) is -0.639. The van der Waals surface area contributed by atoms with E-state index in [9.17, 15) is 9.59 Å². The molecule has 1 heterocycles. The molecule has 5 N–H and O–H groups in total. The van der Waals surface area contributed by atoms with Crippen LogP contribution >= 0.6 is 0 Å². The van der Waals surface area contributed by atoms with Crippen molar-refractivity contribution in [1.29, 1.82) is 0 Å². The van der Waals surface area contributed by atoms with Crippen molar-refractivity contribution in [2.24, 2.45) is 16.9 Å². The van der Waals surface area contributed by atoms with Crippen molar-refractivity contribution in [3.05, 3.63) is 42.2 Å². The number of hydrogen-bond donors (Lipinski definition) is 3. The second kappa shape index (κ2) is 7.70. The van der Waals surface area contributed by atoms with Crippen LogP contribution in [0.1, 0.15) is 49.0 Å². The van der Waals surface area contributed by atoms with E-state index < -0.39 is 5.91 Å². The molecule has 138 valence electrons. The summed E-state index contributed by atoms with van der Waals surface area (Å²) in [4.78, 5) is 23.9. The van der Waals surface area contributed by atoms with Crippen LogP contribution in [0.15, 0.2) is 36.5 Å². The highest BCUT2D eigenvalue weighted by Gasteiger charge is 2.33. The van der Waals surface area contributed by atoms with E-state index >= 15 is 0 Å². The SMILES string of the molecule is NCC1(CC(=O)Nc2ccccc2-n2ccc(C(N)=O)n2)CCCCC1. The second-order valence-electron chi connectivity index (χ2n) is 7.02. The lowest BCUT2D eigenvalue weighted by Crippen LogP contribution is -2.36. The van der Waals surface area contributed by atoms with Gasteiger partial charge in [0, 0.05) is 12.6 Å². The van der Waals surface area contributed by atoms with E-state index in [-0.39, 0.29) is 17.0 Å². The highest BCUT2D eigenvalue weighted by atomic mass is 16.2. The first kappa shape index (κ1) is 18.1. The Bertz CT molecular complexity index is 793. The Morgan fingerprint density at radius 3 is 2.54 bits per heavy atom. The monoisotopic (exact) mass is 355 g/mol. The Morgan fingerprint density at radius 2 is 1.88 bits per heavy atom.